The van der Waals surface area contributed by atoms with E-state index < -0.39 is 5.82 Å². The van der Waals surface area contributed by atoms with E-state index in [1.165, 1.54) is 34.2 Å². The molecule has 0 bridgehead atoms. The molecule has 1 saturated carbocycles. The molecule has 8 heteroatoms. The zero-order chi connectivity index (χ0) is 22.9. The van der Waals surface area contributed by atoms with Gasteiger partial charge in [0.1, 0.15) is 23.3 Å². The first-order chi connectivity index (χ1) is 16.0. The van der Waals surface area contributed by atoms with Crippen LogP contribution >= 0.6 is 0 Å². The van der Waals surface area contributed by atoms with Gasteiger partial charge in [0.25, 0.3) is 5.56 Å². The van der Waals surface area contributed by atoms with E-state index in [0.29, 0.717) is 5.69 Å². The van der Waals surface area contributed by atoms with Gasteiger partial charge in [-0.15, -0.1) is 0 Å². The topological polar surface area (TPSA) is 88.5 Å². The Kier molecular flexibility index (Phi) is 5.23. The first kappa shape index (κ1) is 20.6. The molecule has 0 radical (unpaired) electrons. The van der Waals surface area contributed by atoms with E-state index in [0.717, 1.165) is 40.5 Å². The minimum Gasteiger partial charge on any atom is -0.370 e. The van der Waals surface area contributed by atoms with Gasteiger partial charge in [-0.05, 0) is 48.6 Å². The average Bonchev–Trinajstić information content (AvgIpc) is 3.53. The summed E-state index contributed by atoms with van der Waals surface area (Å²) in [5.41, 5.74) is 3.15. The minimum atomic E-state index is -0.601. The van der Waals surface area contributed by atoms with Gasteiger partial charge in [-0.25, -0.2) is 14.1 Å². The molecule has 0 saturated heterocycles. The average molecular weight is 440 g/mol. The Morgan fingerprint density at radius 3 is 2.73 bits per heavy atom. The van der Waals surface area contributed by atoms with E-state index in [-0.39, 0.29) is 11.1 Å². The fourth-order valence-electron chi connectivity index (χ4n) is 3.74. The highest BCUT2D eigenvalue weighted by molar-refractivity contribution is 5.82. The van der Waals surface area contributed by atoms with Gasteiger partial charge in [0, 0.05) is 54.9 Å². The monoisotopic (exact) mass is 440 g/mol. The molecular formula is C25H21FN6O. The van der Waals surface area contributed by atoms with E-state index in [2.05, 4.69) is 15.4 Å². The summed E-state index contributed by atoms with van der Waals surface area (Å²) in [5, 5.41) is 17.0. The van der Waals surface area contributed by atoms with Crippen LogP contribution in [0.15, 0.2) is 66.0 Å². The van der Waals surface area contributed by atoms with Crippen LogP contribution in [0.25, 0.3) is 27.9 Å². The normalized spacial score (nSPS) is 13.0. The van der Waals surface area contributed by atoms with Crippen LogP contribution in [0.1, 0.15) is 18.4 Å². The van der Waals surface area contributed by atoms with E-state index in [1.807, 2.05) is 18.2 Å². The maximum atomic E-state index is 14.1. The molecule has 1 aromatic carbocycles. The maximum absolute atomic E-state index is 14.1. The predicted molar refractivity (Wildman–Crippen MR) is 123 cm³/mol. The van der Waals surface area contributed by atoms with Crippen LogP contribution in [0.4, 0.5) is 10.2 Å². The van der Waals surface area contributed by atoms with Gasteiger partial charge in [-0.1, -0.05) is 6.07 Å². The van der Waals surface area contributed by atoms with Crippen molar-refractivity contribution >= 4 is 5.82 Å². The predicted octanol–water partition coefficient (Wildman–Crippen LogP) is 4.13. The number of anilines is 1. The first-order valence-electron chi connectivity index (χ1n) is 10.7. The zero-order valence-electron chi connectivity index (χ0n) is 18.0. The van der Waals surface area contributed by atoms with Crippen LogP contribution < -0.4 is 10.9 Å². The summed E-state index contributed by atoms with van der Waals surface area (Å²) in [6, 6.07) is 11.7. The molecule has 33 heavy (non-hydrogen) atoms. The lowest BCUT2D eigenvalue weighted by Crippen LogP contribution is -2.15. The molecule has 1 fully saturated rings. The number of aromatic nitrogens is 4. The fraction of sp³-hybridized carbons (Fsp3) is 0.200. The van der Waals surface area contributed by atoms with Gasteiger partial charge >= 0.3 is 0 Å². The summed E-state index contributed by atoms with van der Waals surface area (Å²) < 4.78 is 17.0. The molecule has 0 spiro atoms. The van der Waals surface area contributed by atoms with Crippen molar-refractivity contribution in [2.24, 2.45) is 13.0 Å². The molecule has 4 aromatic rings. The highest BCUT2D eigenvalue weighted by Crippen LogP contribution is 2.32. The van der Waals surface area contributed by atoms with E-state index >= 15 is 0 Å². The molecule has 0 amide bonds. The Balaban J connectivity index is 1.53. The van der Waals surface area contributed by atoms with Crippen LogP contribution in [0.2, 0.25) is 0 Å². The molecule has 1 aliphatic rings. The number of rotatable bonds is 6. The van der Waals surface area contributed by atoms with E-state index in [1.54, 1.807) is 44.0 Å². The van der Waals surface area contributed by atoms with Crippen LogP contribution in [0.5, 0.6) is 0 Å². The second kappa shape index (κ2) is 8.36. The molecule has 1 N–H and O–H groups in total. The molecule has 1 aliphatic carbocycles. The zero-order valence-corrected chi connectivity index (χ0v) is 18.0. The number of benzene rings is 1. The SMILES string of the molecule is Cn1cc(-c2cnn(-c3cccc(F)c3C#N)c2)c(-c2ccc(NCC3CC3)nc2)cc1=O. The Labute approximate surface area is 189 Å². The molecule has 5 rings (SSSR count). The van der Waals surface area contributed by atoms with E-state index in [4.69, 9.17) is 0 Å². The second-order valence-electron chi connectivity index (χ2n) is 8.23. The summed E-state index contributed by atoms with van der Waals surface area (Å²) in [6.07, 6.45) is 9.38. The molecule has 0 atom stereocenters. The third kappa shape index (κ3) is 4.13. The van der Waals surface area contributed by atoms with Crippen molar-refractivity contribution in [2.45, 2.75) is 12.8 Å². The number of nitrogens with one attached hydrogen (secondary N) is 1. The molecule has 3 aromatic heterocycles. The quantitative estimate of drug-likeness (QED) is 0.487. The Bertz CT molecular complexity index is 1430. The van der Waals surface area contributed by atoms with Gasteiger partial charge in [0.2, 0.25) is 0 Å². The smallest absolute Gasteiger partial charge is 0.250 e. The highest BCUT2D eigenvalue weighted by atomic mass is 19.1. The van der Waals surface area contributed by atoms with Crippen LogP contribution in [-0.2, 0) is 7.05 Å². The van der Waals surface area contributed by atoms with Crippen molar-refractivity contribution in [3.05, 3.63) is 82.9 Å². The molecular weight excluding hydrogens is 419 g/mol. The van der Waals surface area contributed by atoms with Crippen molar-refractivity contribution in [3.63, 3.8) is 0 Å². The fourth-order valence-corrected chi connectivity index (χ4v) is 3.74. The van der Waals surface area contributed by atoms with Crippen LogP contribution in [-0.4, -0.2) is 25.9 Å². The lowest BCUT2D eigenvalue weighted by molar-refractivity contribution is 0.621. The van der Waals surface area contributed by atoms with Crippen molar-refractivity contribution in [2.75, 3.05) is 11.9 Å². The Morgan fingerprint density at radius 1 is 1.15 bits per heavy atom. The van der Waals surface area contributed by atoms with Crippen molar-refractivity contribution in [3.8, 4) is 34.0 Å². The summed E-state index contributed by atoms with van der Waals surface area (Å²) in [6.45, 7) is 0.924. The molecule has 7 nitrogen and oxygen atoms in total. The molecule has 3 heterocycles. The lowest BCUT2D eigenvalue weighted by Gasteiger charge is -2.11. The van der Waals surface area contributed by atoms with Crippen LogP contribution in [0, 0.1) is 23.1 Å². The first-order valence-corrected chi connectivity index (χ1v) is 10.7. The number of nitrogens with zero attached hydrogens (tertiary/aromatic N) is 5. The van der Waals surface area contributed by atoms with Crippen molar-refractivity contribution in [1.29, 1.82) is 5.26 Å². The van der Waals surface area contributed by atoms with Gasteiger partial charge in [0.05, 0.1) is 11.9 Å². The number of nitriles is 1. The third-order valence-corrected chi connectivity index (χ3v) is 5.82. The number of aryl methyl sites for hydroxylation is 1. The molecule has 0 aliphatic heterocycles. The number of pyridine rings is 2. The largest absolute Gasteiger partial charge is 0.370 e. The van der Waals surface area contributed by atoms with Crippen molar-refractivity contribution < 1.29 is 4.39 Å². The number of hydrogen-bond donors (Lipinski definition) is 1. The van der Waals surface area contributed by atoms with Gasteiger partial charge in [0.15, 0.2) is 0 Å². The van der Waals surface area contributed by atoms with Crippen LogP contribution in [0.3, 0.4) is 0 Å². The lowest BCUT2D eigenvalue weighted by atomic mass is 9.99. The summed E-state index contributed by atoms with van der Waals surface area (Å²) in [5.74, 6) is 0.946. The second-order valence-corrected chi connectivity index (χ2v) is 8.23. The minimum absolute atomic E-state index is 0.0775. The standard InChI is InChI=1S/C25H21FN6O/c1-31-15-21(18-13-30-32(14-18)23-4-2-3-22(26)20(23)10-27)19(9-25(31)33)17-7-8-24(29-12-17)28-11-16-5-6-16/h2-4,7-9,12-16H,5-6,11H2,1H3,(H,28,29). The number of hydrogen-bond acceptors (Lipinski definition) is 5. The summed E-state index contributed by atoms with van der Waals surface area (Å²) >= 11 is 0. The Hall–Kier alpha value is -4.25. The molecule has 0 unspecified atom stereocenters. The van der Waals surface area contributed by atoms with Gasteiger partial charge in [-0.2, -0.15) is 10.4 Å². The Morgan fingerprint density at radius 2 is 2.00 bits per heavy atom. The van der Waals surface area contributed by atoms with E-state index in [9.17, 15) is 14.4 Å². The third-order valence-electron chi connectivity index (χ3n) is 5.82. The van der Waals surface area contributed by atoms with Crippen molar-refractivity contribution in [1.82, 2.24) is 19.3 Å². The molecule has 164 valence electrons. The summed E-state index contributed by atoms with van der Waals surface area (Å²) in [7, 11) is 1.68. The number of halogens is 1. The van der Waals surface area contributed by atoms with Gasteiger partial charge < -0.3 is 9.88 Å². The van der Waals surface area contributed by atoms with Gasteiger partial charge in [-0.3, -0.25) is 4.79 Å². The maximum Gasteiger partial charge on any atom is 0.250 e. The summed E-state index contributed by atoms with van der Waals surface area (Å²) in [4.78, 5) is 16.9. The highest BCUT2D eigenvalue weighted by Gasteiger charge is 2.21.